The van der Waals surface area contributed by atoms with Crippen molar-refractivity contribution in [3.63, 3.8) is 0 Å². The summed E-state index contributed by atoms with van der Waals surface area (Å²) in [4.78, 5) is 14.1. The highest BCUT2D eigenvalue weighted by Gasteiger charge is 2.21. The largest absolute Gasteiger partial charge is 0.377 e. The number of rotatable bonds is 3. The van der Waals surface area contributed by atoms with Gasteiger partial charge in [0.2, 0.25) is 5.91 Å². The summed E-state index contributed by atoms with van der Waals surface area (Å²) >= 11 is 0. The second-order valence-corrected chi connectivity index (χ2v) is 5.10. The van der Waals surface area contributed by atoms with E-state index in [-0.39, 0.29) is 18.1 Å². The lowest BCUT2D eigenvalue weighted by molar-refractivity contribution is -0.132. The Morgan fingerprint density at radius 3 is 2.95 bits per heavy atom. The molecule has 2 N–H and O–H groups in total. The van der Waals surface area contributed by atoms with E-state index in [1.165, 1.54) is 0 Å². The number of carbonyl (C=O) groups is 1. The van der Waals surface area contributed by atoms with Gasteiger partial charge in [-0.05, 0) is 18.9 Å². The van der Waals surface area contributed by atoms with Crippen molar-refractivity contribution in [3.8, 4) is 0 Å². The van der Waals surface area contributed by atoms with Crippen LogP contribution in [0, 0.1) is 0 Å². The molecule has 0 spiro atoms. The minimum absolute atomic E-state index is 0.111. The number of hydrogen-bond acceptors (Lipinski definition) is 3. The minimum Gasteiger partial charge on any atom is -0.377 e. The van der Waals surface area contributed by atoms with Gasteiger partial charge in [0, 0.05) is 32.2 Å². The third-order valence-electron chi connectivity index (χ3n) is 3.43. The van der Waals surface area contributed by atoms with Gasteiger partial charge in [0.1, 0.15) is 0 Å². The van der Waals surface area contributed by atoms with Crippen LogP contribution in [0.5, 0.6) is 0 Å². The lowest BCUT2D eigenvalue weighted by Crippen LogP contribution is -2.37. The van der Waals surface area contributed by atoms with Crippen molar-refractivity contribution >= 4 is 5.91 Å². The molecular formula is C15H22N2O2. The van der Waals surface area contributed by atoms with Crippen LogP contribution in [0.1, 0.15) is 31.4 Å². The molecule has 1 saturated heterocycles. The maximum Gasteiger partial charge on any atom is 0.224 e. The molecule has 0 saturated carbocycles. The molecule has 1 amide bonds. The van der Waals surface area contributed by atoms with E-state index >= 15 is 0 Å². The van der Waals surface area contributed by atoms with E-state index in [2.05, 4.69) is 0 Å². The van der Waals surface area contributed by atoms with E-state index in [1.54, 1.807) is 0 Å². The van der Waals surface area contributed by atoms with Crippen LogP contribution in [0.15, 0.2) is 30.3 Å². The van der Waals surface area contributed by atoms with Gasteiger partial charge < -0.3 is 15.4 Å². The highest BCUT2D eigenvalue weighted by Crippen LogP contribution is 2.16. The predicted molar refractivity (Wildman–Crippen MR) is 74.6 cm³/mol. The molecule has 1 fully saturated rings. The van der Waals surface area contributed by atoms with Crippen molar-refractivity contribution in [1.29, 1.82) is 0 Å². The first-order chi connectivity index (χ1) is 9.16. The zero-order valence-electron chi connectivity index (χ0n) is 11.4. The number of amides is 1. The van der Waals surface area contributed by atoms with Crippen molar-refractivity contribution in [1.82, 2.24) is 4.90 Å². The van der Waals surface area contributed by atoms with Gasteiger partial charge in [-0.25, -0.2) is 0 Å². The van der Waals surface area contributed by atoms with Gasteiger partial charge in [-0.3, -0.25) is 4.79 Å². The lowest BCUT2D eigenvalue weighted by Gasteiger charge is -2.23. The highest BCUT2D eigenvalue weighted by atomic mass is 16.5. The van der Waals surface area contributed by atoms with Crippen molar-refractivity contribution in [3.05, 3.63) is 35.9 Å². The Hall–Kier alpha value is -1.39. The molecule has 0 aliphatic carbocycles. The summed E-state index contributed by atoms with van der Waals surface area (Å²) in [7, 11) is 0. The van der Waals surface area contributed by atoms with Crippen LogP contribution in [0.3, 0.4) is 0 Å². The molecule has 2 rings (SSSR count). The third-order valence-corrected chi connectivity index (χ3v) is 3.43. The summed E-state index contributed by atoms with van der Waals surface area (Å²) in [6.45, 7) is 4.17. The van der Waals surface area contributed by atoms with E-state index in [0.717, 1.165) is 25.1 Å². The van der Waals surface area contributed by atoms with Crippen LogP contribution in [0.2, 0.25) is 0 Å². The molecule has 0 radical (unpaired) electrons. The first kappa shape index (κ1) is 14.0. The van der Waals surface area contributed by atoms with Crippen LogP contribution in [-0.2, 0) is 9.53 Å². The summed E-state index contributed by atoms with van der Waals surface area (Å²) in [6.07, 6.45) is 1.37. The quantitative estimate of drug-likeness (QED) is 0.902. The van der Waals surface area contributed by atoms with Gasteiger partial charge >= 0.3 is 0 Å². The SMILES string of the molecule is C[C@H]1CN(C(=O)C[C@@H](N)c2ccccc2)CCCO1. The first-order valence-corrected chi connectivity index (χ1v) is 6.86. The second kappa shape index (κ2) is 6.68. The summed E-state index contributed by atoms with van der Waals surface area (Å²) < 4.78 is 5.55. The molecule has 19 heavy (non-hydrogen) atoms. The smallest absolute Gasteiger partial charge is 0.224 e. The molecule has 104 valence electrons. The van der Waals surface area contributed by atoms with Crippen molar-refractivity contribution in [2.45, 2.75) is 31.9 Å². The van der Waals surface area contributed by atoms with Gasteiger partial charge in [0.25, 0.3) is 0 Å². The van der Waals surface area contributed by atoms with Crippen molar-refractivity contribution in [2.24, 2.45) is 5.73 Å². The Bertz CT molecular complexity index is 408. The van der Waals surface area contributed by atoms with E-state index in [1.807, 2.05) is 42.2 Å². The van der Waals surface area contributed by atoms with Crippen LogP contribution in [0.25, 0.3) is 0 Å². The standard InChI is InChI=1S/C15H22N2O2/c1-12-11-17(8-5-9-19-12)15(18)10-14(16)13-6-3-2-4-7-13/h2-4,6-7,12,14H,5,8-11,16H2,1H3/t12-,14+/m0/s1. The summed E-state index contributed by atoms with van der Waals surface area (Å²) in [5, 5.41) is 0. The summed E-state index contributed by atoms with van der Waals surface area (Å²) in [6, 6.07) is 9.54. The fourth-order valence-electron chi connectivity index (χ4n) is 2.36. The highest BCUT2D eigenvalue weighted by molar-refractivity contribution is 5.77. The number of nitrogens with zero attached hydrogens (tertiary/aromatic N) is 1. The van der Waals surface area contributed by atoms with Gasteiger partial charge in [0.15, 0.2) is 0 Å². The topological polar surface area (TPSA) is 55.6 Å². The molecule has 1 aromatic carbocycles. The number of nitrogens with two attached hydrogens (primary N) is 1. The molecule has 2 atom stereocenters. The molecule has 1 aliphatic rings. The average molecular weight is 262 g/mol. The van der Waals surface area contributed by atoms with Gasteiger partial charge in [-0.15, -0.1) is 0 Å². The molecule has 0 unspecified atom stereocenters. The monoisotopic (exact) mass is 262 g/mol. The molecule has 1 aromatic rings. The van der Waals surface area contributed by atoms with Gasteiger partial charge in [-0.1, -0.05) is 30.3 Å². The first-order valence-electron chi connectivity index (χ1n) is 6.86. The number of hydrogen-bond donors (Lipinski definition) is 1. The Kier molecular flexibility index (Phi) is 4.93. The zero-order chi connectivity index (χ0) is 13.7. The van der Waals surface area contributed by atoms with Crippen molar-refractivity contribution < 1.29 is 9.53 Å². The van der Waals surface area contributed by atoms with Crippen LogP contribution >= 0.6 is 0 Å². The van der Waals surface area contributed by atoms with Gasteiger partial charge in [-0.2, -0.15) is 0 Å². The summed E-state index contributed by atoms with van der Waals surface area (Å²) in [5.74, 6) is 0.119. The Morgan fingerprint density at radius 2 is 2.21 bits per heavy atom. The number of carbonyl (C=O) groups excluding carboxylic acids is 1. The fraction of sp³-hybridized carbons (Fsp3) is 0.533. The van der Waals surface area contributed by atoms with E-state index < -0.39 is 0 Å². The van der Waals surface area contributed by atoms with Crippen molar-refractivity contribution in [2.75, 3.05) is 19.7 Å². The van der Waals surface area contributed by atoms with E-state index in [0.29, 0.717) is 13.0 Å². The molecular weight excluding hydrogens is 240 g/mol. The van der Waals surface area contributed by atoms with Crippen LogP contribution in [-0.4, -0.2) is 36.6 Å². The van der Waals surface area contributed by atoms with Crippen LogP contribution < -0.4 is 5.73 Å². The average Bonchev–Trinajstić information content (AvgIpc) is 2.64. The van der Waals surface area contributed by atoms with Gasteiger partial charge in [0.05, 0.1) is 6.10 Å². The third kappa shape index (κ3) is 4.04. The number of ether oxygens (including phenoxy) is 1. The molecule has 0 aromatic heterocycles. The zero-order valence-corrected chi connectivity index (χ0v) is 11.4. The lowest BCUT2D eigenvalue weighted by atomic mass is 10.0. The predicted octanol–water partition coefficient (Wildman–Crippen LogP) is 1.71. The Labute approximate surface area is 114 Å². The maximum absolute atomic E-state index is 12.3. The fourth-order valence-corrected chi connectivity index (χ4v) is 2.36. The molecule has 4 nitrogen and oxygen atoms in total. The molecule has 0 bridgehead atoms. The second-order valence-electron chi connectivity index (χ2n) is 5.10. The molecule has 1 heterocycles. The Balaban J connectivity index is 1.93. The summed E-state index contributed by atoms with van der Waals surface area (Å²) in [5.41, 5.74) is 7.11. The van der Waals surface area contributed by atoms with E-state index in [9.17, 15) is 4.79 Å². The number of benzene rings is 1. The van der Waals surface area contributed by atoms with Crippen LogP contribution in [0.4, 0.5) is 0 Å². The molecule has 1 aliphatic heterocycles. The Morgan fingerprint density at radius 1 is 1.47 bits per heavy atom. The minimum atomic E-state index is -0.229. The van der Waals surface area contributed by atoms with E-state index in [4.69, 9.17) is 10.5 Å². The maximum atomic E-state index is 12.3. The molecule has 4 heteroatoms. The normalized spacial score (nSPS) is 21.8.